The van der Waals surface area contributed by atoms with Gasteiger partial charge in [0.05, 0.1) is 23.3 Å². The number of hydrogen-bond acceptors (Lipinski definition) is 2. The van der Waals surface area contributed by atoms with Gasteiger partial charge in [0.2, 0.25) is 0 Å². The summed E-state index contributed by atoms with van der Waals surface area (Å²) in [7, 11) is 0. The Morgan fingerprint density at radius 3 is 3.19 bits per heavy atom. The summed E-state index contributed by atoms with van der Waals surface area (Å²) in [4.78, 5) is 0. The van der Waals surface area contributed by atoms with Gasteiger partial charge in [0.1, 0.15) is 0 Å². The molecule has 0 radical (unpaired) electrons. The monoisotopic (exact) mass is 213 g/mol. The molecule has 1 aliphatic heterocycles. The molecular formula is C13H15N3. The van der Waals surface area contributed by atoms with E-state index in [0.29, 0.717) is 0 Å². The van der Waals surface area contributed by atoms with Gasteiger partial charge in [0, 0.05) is 6.54 Å². The molecule has 0 amide bonds. The number of rotatable bonds is 1. The Labute approximate surface area is 95.1 Å². The molecule has 1 aromatic heterocycles. The van der Waals surface area contributed by atoms with Crippen LogP contribution in [0.4, 0.5) is 5.69 Å². The van der Waals surface area contributed by atoms with Crippen molar-refractivity contribution in [2.24, 2.45) is 0 Å². The molecule has 0 aliphatic carbocycles. The zero-order valence-corrected chi connectivity index (χ0v) is 9.40. The van der Waals surface area contributed by atoms with Crippen molar-refractivity contribution in [3.63, 3.8) is 0 Å². The molecule has 3 nitrogen and oxygen atoms in total. The summed E-state index contributed by atoms with van der Waals surface area (Å²) >= 11 is 0. The van der Waals surface area contributed by atoms with E-state index in [1.807, 2.05) is 6.20 Å². The second-order valence-electron chi connectivity index (χ2n) is 4.29. The zero-order valence-electron chi connectivity index (χ0n) is 9.40. The van der Waals surface area contributed by atoms with Crippen molar-refractivity contribution in [1.29, 1.82) is 0 Å². The van der Waals surface area contributed by atoms with Crippen molar-refractivity contribution in [2.75, 3.05) is 11.9 Å². The minimum absolute atomic E-state index is 1.06. The Hall–Kier alpha value is -1.77. The van der Waals surface area contributed by atoms with Crippen molar-refractivity contribution in [2.45, 2.75) is 19.8 Å². The largest absolute Gasteiger partial charge is 0.382 e. The first-order valence-electron chi connectivity index (χ1n) is 5.72. The topological polar surface area (TPSA) is 29.9 Å². The van der Waals surface area contributed by atoms with Crippen LogP contribution >= 0.6 is 0 Å². The number of nitrogens with zero attached hydrogens (tertiary/aromatic N) is 2. The summed E-state index contributed by atoms with van der Waals surface area (Å²) in [6, 6.07) is 8.46. The van der Waals surface area contributed by atoms with Crippen molar-refractivity contribution < 1.29 is 0 Å². The quantitative estimate of drug-likeness (QED) is 0.789. The second kappa shape index (κ2) is 3.67. The van der Waals surface area contributed by atoms with Crippen LogP contribution < -0.4 is 5.32 Å². The van der Waals surface area contributed by atoms with Crippen LogP contribution in [0.15, 0.2) is 30.5 Å². The van der Waals surface area contributed by atoms with Gasteiger partial charge in [-0.05, 0) is 37.5 Å². The molecule has 1 aliphatic rings. The fourth-order valence-electron chi connectivity index (χ4n) is 2.22. The van der Waals surface area contributed by atoms with Crippen LogP contribution in [0.2, 0.25) is 0 Å². The molecule has 0 saturated heterocycles. The number of aromatic nitrogens is 2. The zero-order chi connectivity index (χ0) is 11.0. The minimum atomic E-state index is 1.06. The van der Waals surface area contributed by atoms with E-state index < -0.39 is 0 Å². The highest BCUT2D eigenvalue weighted by Crippen LogP contribution is 2.24. The summed E-state index contributed by atoms with van der Waals surface area (Å²) in [6.07, 6.45) is 4.22. The maximum absolute atomic E-state index is 4.46. The van der Waals surface area contributed by atoms with Gasteiger partial charge in [-0.15, -0.1) is 0 Å². The van der Waals surface area contributed by atoms with Crippen molar-refractivity contribution in [3.05, 3.63) is 41.7 Å². The highest BCUT2D eigenvalue weighted by atomic mass is 15.3. The third-order valence-electron chi connectivity index (χ3n) is 3.02. The van der Waals surface area contributed by atoms with Gasteiger partial charge in [0.25, 0.3) is 0 Å². The molecule has 1 aromatic carbocycles. The fourth-order valence-corrected chi connectivity index (χ4v) is 2.22. The summed E-state index contributed by atoms with van der Waals surface area (Å²) in [6.45, 7) is 3.17. The van der Waals surface area contributed by atoms with E-state index in [-0.39, 0.29) is 0 Å². The molecule has 0 atom stereocenters. The lowest BCUT2D eigenvalue weighted by atomic mass is 10.1. The van der Waals surface area contributed by atoms with E-state index in [1.165, 1.54) is 23.4 Å². The van der Waals surface area contributed by atoms with Gasteiger partial charge in [-0.3, -0.25) is 0 Å². The highest BCUT2D eigenvalue weighted by molar-refractivity contribution is 5.52. The molecular weight excluding hydrogens is 198 g/mol. The fraction of sp³-hybridized carbons (Fsp3) is 0.308. The number of nitrogens with one attached hydrogen (secondary N) is 1. The molecule has 3 rings (SSSR count). The summed E-state index contributed by atoms with van der Waals surface area (Å²) in [5.74, 6) is 0. The molecule has 0 unspecified atom stereocenters. The van der Waals surface area contributed by atoms with Crippen LogP contribution in [-0.2, 0) is 6.42 Å². The number of benzene rings is 1. The number of anilines is 1. The second-order valence-corrected chi connectivity index (χ2v) is 4.29. The van der Waals surface area contributed by atoms with Crippen LogP contribution in [0, 0.1) is 6.92 Å². The normalized spacial score (nSPS) is 14.3. The molecule has 0 bridgehead atoms. The van der Waals surface area contributed by atoms with Gasteiger partial charge in [-0.2, -0.15) is 5.10 Å². The Morgan fingerprint density at radius 2 is 2.31 bits per heavy atom. The van der Waals surface area contributed by atoms with Crippen LogP contribution in [0.25, 0.3) is 5.69 Å². The first kappa shape index (κ1) is 9.46. The SMILES string of the molecule is Cc1cccc(-n2ncc3c2CCCN3)c1. The number of aryl methyl sites for hydroxylation is 1. The maximum atomic E-state index is 4.46. The van der Waals surface area contributed by atoms with Crippen molar-refractivity contribution >= 4 is 5.69 Å². The van der Waals surface area contributed by atoms with Gasteiger partial charge >= 0.3 is 0 Å². The molecule has 0 spiro atoms. The number of fused-ring (bicyclic) bond motifs is 1. The molecule has 0 fully saturated rings. The molecule has 1 N–H and O–H groups in total. The summed E-state index contributed by atoms with van der Waals surface area (Å²) in [5, 5.41) is 7.85. The van der Waals surface area contributed by atoms with E-state index in [2.05, 4.69) is 46.3 Å². The molecule has 16 heavy (non-hydrogen) atoms. The van der Waals surface area contributed by atoms with E-state index in [4.69, 9.17) is 0 Å². The predicted octanol–water partition coefficient (Wildman–Crippen LogP) is 2.54. The third kappa shape index (κ3) is 1.48. The van der Waals surface area contributed by atoms with Crippen molar-refractivity contribution in [3.8, 4) is 5.69 Å². The van der Waals surface area contributed by atoms with E-state index in [0.717, 1.165) is 18.7 Å². The van der Waals surface area contributed by atoms with E-state index in [9.17, 15) is 0 Å². The van der Waals surface area contributed by atoms with E-state index in [1.54, 1.807) is 0 Å². The average molecular weight is 213 g/mol. The third-order valence-corrected chi connectivity index (χ3v) is 3.02. The van der Waals surface area contributed by atoms with Gasteiger partial charge in [-0.25, -0.2) is 4.68 Å². The first-order chi connectivity index (χ1) is 7.84. The molecule has 0 saturated carbocycles. The highest BCUT2D eigenvalue weighted by Gasteiger charge is 2.15. The minimum Gasteiger partial charge on any atom is -0.382 e. The first-order valence-corrected chi connectivity index (χ1v) is 5.72. The Kier molecular flexibility index (Phi) is 2.17. The lowest BCUT2D eigenvalue weighted by Gasteiger charge is -2.15. The van der Waals surface area contributed by atoms with Crippen molar-refractivity contribution in [1.82, 2.24) is 9.78 Å². The number of hydrogen-bond donors (Lipinski definition) is 1. The van der Waals surface area contributed by atoms with Crippen LogP contribution in [0.1, 0.15) is 17.7 Å². The van der Waals surface area contributed by atoms with Crippen LogP contribution in [-0.4, -0.2) is 16.3 Å². The molecule has 2 heterocycles. The van der Waals surface area contributed by atoms with E-state index >= 15 is 0 Å². The van der Waals surface area contributed by atoms with Gasteiger partial charge < -0.3 is 5.32 Å². The summed E-state index contributed by atoms with van der Waals surface area (Å²) < 4.78 is 2.05. The van der Waals surface area contributed by atoms with Gasteiger partial charge in [0.15, 0.2) is 0 Å². The predicted molar refractivity (Wildman–Crippen MR) is 65.1 cm³/mol. The van der Waals surface area contributed by atoms with Crippen LogP contribution in [0.3, 0.4) is 0 Å². The van der Waals surface area contributed by atoms with Crippen LogP contribution in [0.5, 0.6) is 0 Å². The Bertz CT molecular complexity index is 514. The lowest BCUT2D eigenvalue weighted by Crippen LogP contribution is -2.13. The molecule has 3 heteroatoms. The standard InChI is InChI=1S/C13H15N3/c1-10-4-2-5-11(8-10)16-13-6-3-7-14-12(13)9-15-16/h2,4-5,8-9,14H,3,6-7H2,1H3. The summed E-state index contributed by atoms with van der Waals surface area (Å²) in [5.41, 5.74) is 4.92. The molecule has 2 aromatic rings. The average Bonchev–Trinajstić information content (AvgIpc) is 2.72. The lowest BCUT2D eigenvalue weighted by molar-refractivity contribution is 0.743. The maximum Gasteiger partial charge on any atom is 0.0763 e. The smallest absolute Gasteiger partial charge is 0.0763 e. The Balaban J connectivity index is 2.09. The molecule has 82 valence electrons. The Morgan fingerprint density at radius 1 is 1.38 bits per heavy atom. The van der Waals surface area contributed by atoms with Gasteiger partial charge in [-0.1, -0.05) is 12.1 Å².